The van der Waals surface area contributed by atoms with E-state index in [1.54, 1.807) is 0 Å². The van der Waals surface area contributed by atoms with Gasteiger partial charge in [-0.1, -0.05) is 33.7 Å². The summed E-state index contributed by atoms with van der Waals surface area (Å²) in [5.74, 6) is 8.35. The van der Waals surface area contributed by atoms with Crippen LogP contribution >= 0.6 is 56.9 Å². The quantitative estimate of drug-likeness (QED) is 0.330. The smallest absolute Gasteiger partial charge is 0.0652 e. The van der Waals surface area contributed by atoms with Crippen molar-refractivity contribution < 1.29 is 9.47 Å². The molecule has 5 aliphatic heterocycles. The molecule has 0 bridgehead atoms. The molecule has 4 fully saturated rings. The SMILES string of the molecule is C1=CCOC1.C1CCOC1.C1CCSC1.C1CSCS1.C1CSSC1. The standard InChI is InChI=1S/C4H8O.C4H6O.C4H8S.2C3H6S2/c3*1-2-4-5-3-1;1-2-5-3-4-1;1-2-4-5-3-1/h1-4H2;1-2H,3-4H2;1-4H2;2*1-3H2. The van der Waals surface area contributed by atoms with E-state index in [0.29, 0.717) is 0 Å². The van der Waals surface area contributed by atoms with Crippen molar-refractivity contribution in [2.24, 2.45) is 0 Å². The predicted octanol–water partition coefficient (Wildman–Crippen LogP) is 6.08. The first-order valence-corrected chi connectivity index (χ1v) is 15.2. The van der Waals surface area contributed by atoms with Gasteiger partial charge in [-0.05, 0) is 43.6 Å². The lowest BCUT2D eigenvalue weighted by Gasteiger charge is -1.77. The van der Waals surface area contributed by atoms with Gasteiger partial charge in [0.2, 0.25) is 0 Å². The maximum absolute atomic E-state index is 4.94. The van der Waals surface area contributed by atoms with E-state index >= 15 is 0 Å². The summed E-state index contributed by atoms with van der Waals surface area (Å²) in [6.45, 7) is 3.64. The van der Waals surface area contributed by atoms with Crippen LogP contribution in [0.25, 0.3) is 0 Å². The first-order valence-electron chi connectivity index (χ1n) is 9.28. The molecule has 0 aromatic rings. The molecule has 4 saturated heterocycles. The lowest BCUT2D eigenvalue weighted by molar-refractivity contribution is 0.198. The molecule has 0 aliphatic carbocycles. The molecule has 5 aliphatic rings. The Morgan fingerprint density at radius 3 is 1.32 bits per heavy atom. The van der Waals surface area contributed by atoms with Crippen molar-refractivity contribution in [3.05, 3.63) is 12.2 Å². The molecule has 0 saturated carbocycles. The van der Waals surface area contributed by atoms with E-state index in [1.165, 1.54) is 71.7 Å². The van der Waals surface area contributed by atoms with Crippen molar-refractivity contribution in [3.63, 3.8) is 0 Å². The fraction of sp³-hybridized carbons (Fsp3) is 0.889. The molecule has 0 radical (unpaired) electrons. The first-order chi connectivity index (χ1) is 12.5. The second-order valence-electron chi connectivity index (χ2n) is 5.58. The van der Waals surface area contributed by atoms with Crippen molar-refractivity contribution in [1.82, 2.24) is 0 Å². The number of hydrogen-bond donors (Lipinski definition) is 0. The summed E-state index contributed by atoms with van der Waals surface area (Å²) in [6, 6.07) is 0. The minimum absolute atomic E-state index is 0.819. The fourth-order valence-corrected chi connectivity index (χ4v) is 7.68. The number of ether oxygens (including phenoxy) is 2. The van der Waals surface area contributed by atoms with Crippen LogP contribution in [0.5, 0.6) is 0 Å². The van der Waals surface area contributed by atoms with Gasteiger partial charge in [0.25, 0.3) is 0 Å². The maximum Gasteiger partial charge on any atom is 0.0652 e. The minimum atomic E-state index is 0.819. The van der Waals surface area contributed by atoms with Gasteiger partial charge in [0, 0.05) is 41.3 Å². The van der Waals surface area contributed by atoms with Crippen LogP contribution in [0.3, 0.4) is 0 Å². The summed E-state index contributed by atoms with van der Waals surface area (Å²) in [5.41, 5.74) is 0. The van der Waals surface area contributed by atoms with E-state index in [2.05, 4.69) is 11.8 Å². The third-order valence-corrected chi connectivity index (χ3v) is 9.64. The highest BCUT2D eigenvalue weighted by Gasteiger charge is 1.97. The van der Waals surface area contributed by atoms with Gasteiger partial charge in [-0.2, -0.15) is 35.3 Å². The Balaban J connectivity index is 0.000000156. The molecule has 0 aromatic carbocycles. The van der Waals surface area contributed by atoms with E-state index in [4.69, 9.17) is 9.47 Å². The van der Waals surface area contributed by atoms with E-state index in [1.807, 2.05) is 57.3 Å². The molecule has 0 aromatic heterocycles. The van der Waals surface area contributed by atoms with Crippen LogP contribution < -0.4 is 0 Å². The van der Waals surface area contributed by atoms with Gasteiger partial charge in [0.1, 0.15) is 0 Å². The van der Waals surface area contributed by atoms with Gasteiger partial charge in [-0.15, -0.1) is 0 Å². The second kappa shape index (κ2) is 21.7. The Kier molecular flexibility index (Phi) is 21.2. The summed E-state index contributed by atoms with van der Waals surface area (Å²) in [6.07, 6.45) is 10.9. The second-order valence-corrected chi connectivity index (χ2v) is 12.1. The van der Waals surface area contributed by atoms with E-state index in [-0.39, 0.29) is 0 Å². The largest absolute Gasteiger partial charge is 0.381 e. The van der Waals surface area contributed by atoms with Crippen molar-refractivity contribution >= 4 is 56.9 Å². The Morgan fingerprint density at radius 2 is 1.12 bits per heavy atom. The first kappa shape index (κ1) is 24.4. The fourth-order valence-electron chi connectivity index (χ4n) is 1.95. The number of thioether (sulfide) groups is 3. The zero-order chi connectivity index (χ0) is 17.7. The average molecular weight is 443 g/mol. The van der Waals surface area contributed by atoms with Crippen molar-refractivity contribution in [2.45, 2.75) is 32.1 Å². The highest BCUT2D eigenvalue weighted by atomic mass is 33.1. The van der Waals surface area contributed by atoms with Crippen molar-refractivity contribution in [2.75, 3.05) is 66.0 Å². The molecule has 148 valence electrons. The third-order valence-electron chi connectivity index (χ3n) is 3.33. The van der Waals surface area contributed by atoms with Gasteiger partial charge in [0.05, 0.1) is 13.2 Å². The normalized spacial score (nSPS) is 23.4. The van der Waals surface area contributed by atoms with Gasteiger partial charge < -0.3 is 9.47 Å². The van der Waals surface area contributed by atoms with Crippen LogP contribution in [-0.4, -0.2) is 66.0 Å². The monoisotopic (exact) mass is 442 g/mol. The third kappa shape index (κ3) is 20.0. The van der Waals surface area contributed by atoms with E-state index in [0.717, 1.165) is 26.4 Å². The molecule has 7 heteroatoms. The molecule has 5 rings (SSSR count). The van der Waals surface area contributed by atoms with Crippen LogP contribution in [0.15, 0.2) is 12.2 Å². The molecule has 2 nitrogen and oxygen atoms in total. The highest BCUT2D eigenvalue weighted by Crippen LogP contribution is 2.29. The summed E-state index contributed by atoms with van der Waals surface area (Å²) >= 11 is 6.15. The lowest BCUT2D eigenvalue weighted by atomic mass is 10.4. The zero-order valence-corrected chi connectivity index (χ0v) is 19.4. The summed E-state index contributed by atoms with van der Waals surface area (Å²) in [7, 11) is 3.98. The van der Waals surface area contributed by atoms with Gasteiger partial charge in [0.15, 0.2) is 0 Å². The maximum atomic E-state index is 4.94. The molecule has 0 N–H and O–H groups in total. The molecule has 0 atom stereocenters. The van der Waals surface area contributed by atoms with Crippen LogP contribution in [0.4, 0.5) is 0 Å². The van der Waals surface area contributed by atoms with Gasteiger partial charge in [-0.25, -0.2) is 0 Å². The molecule has 0 amide bonds. The Bertz CT molecular complexity index is 200. The molecular formula is C18H34O2S5. The van der Waals surface area contributed by atoms with Crippen LogP contribution in [0.2, 0.25) is 0 Å². The van der Waals surface area contributed by atoms with Gasteiger partial charge in [-0.3, -0.25) is 0 Å². The lowest BCUT2D eigenvalue weighted by Crippen LogP contribution is -1.76. The van der Waals surface area contributed by atoms with Crippen molar-refractivity contribution in [1.29, 1.82) is 0 Å². The van der Waals surface area contributed by atoms with Crippen LogP contribution in [0, 0.1) is 0 Å². The molecular weight excluding hydrogens is 409 g/mol. The van der Waals surface area contributed by atoms with E-state index < -0.39 is 0 Å². The molecule has 0 spiro atoms. The number of rotatable bonds is 0. The Labute approximate surface area is 175 Å². The number of hydrogen-bond acceptors (Lipinski definition) is 7. The van der Waals surface area contributed by atoms with Gasteiger partial charge >= 0.3 is 0 Å². The predicted molar refractivity (Wildman–Crippen MR) is 126 cm³/mol. The van der Waals surface area contributed by atoms with Crippen LogP contribution in [0.1, 0.15) is 32.1 Å². The minimum Gasteiger partial charge on any atom is -0.381 e. The Morgan fingerprint density at radius 1 is 0.520 bits per heavy atom. The summed E-state index contributed by atoms with van der Waals surface area (Å²) in [5, 5.41) is 1.33. The summed E-state index contributed by atoms with van der Waals surface area (Å²) < 4.78 is 9.78. The topological polar surface area (TPSA) is 18.5 Å². The zero-order valence-electron chi connectivity index (χ0n) is 15.3. The summed E-state index contributed by atoms with van der Waals surface area (Å²) in [4.78, 5) is 0. The highest BCUT2D eigenvalue weighted by molar-refractivity contribution is 8.77. The molecule has 0 unspecified atom stereocenters. The average Bonchev–Trinajstić information content (AvgIpc) is 3.55. The molecule has 5 heterocycles. The molecule has 25 heavy (non-hydrogen) atoms. The van der Waals surface area contributed by atoms with E-state index in [9.17, 15) is 0 Å². The van der Waals surface area contributed by atoms with Crippen molar-refractivity contribution in [3.8, 4) is 0 Å². The van der Waals surface area contributed by atoms with Crippen LogP contribution in [-0.2, 0) is 9.47 Å². The Hall–Kier alpha value is 1.41.